The van der Waals surface area contributed by atoms with Crippen molar-refractivity contribution in [3.8, 4) is 0 Å². The molecule has 7 heteroatoms. The van der Waals surface area contributed by atoms with Crippen molar-refractivity contribution in [3.63, 3.8) is 0 Å². The molecule has 4 aliphatic carbocycles. The number of carbonyl (C=O) groups is 2. The Morgan fingerprint density at radius 2 is 1.60 bits per heavy atom. The highest BCUT2D eigenvalue weighted by atomic mass is 35.5. The number of fused-ring (bicyclic) bond motifs is 2. The van der Waals surface area contributed by atoms with Gasteiger partial charge < -0.3 is 10.6 Å². The average Bonchev–Trinajstić information content (AvgIpc) is 2.55. The molecule has 7 aliphatic rings. The molecule has 2 amide bonds. The molecule has 3 saturated heterocycles. The van der Waals surface area contributed by atoms with Crippen LogP contribution in [0, 0.1) is 11.8 Å². The molecule has 3 aliphatic heterocycles. The van der Waals surface area contributed by atoms with Crippen LogP contribution in [-0.4, -0.2) is 75.8 Å². The minimum Gasteiger partial charge on any atom is -0.350 e. The van der Waals surface area contributed by atoms with Crippen LogP contribution in [0.25, 0.3) is 0 Å². The van der Waals surface area contributed by atoms with Gasteiger partial charge in [-0.1, -0.05) is 0 Å². The van der Waals surface area contributed by atoms with Crippen LogP contribution in [0.4, 0.5) is 0 Å². The number of amides is 2. The zero-order chi connectivity index (χ0) is 21.3. The Morgan fingerprint density at radius 1 is 0.967 bits per heavy atom. The van der Waals surface area contributed by atoms with E-state index in [2.05, 4.69) is 20.4 Å². The third-order valence-corrected chi connectivity index (χ3v) is 8.46. The van der Waals surface area contributed by atoms with E-state index in [1.807, 2.05) is 20.8 Å². The average molecular weight is 437 g/mol. The number of piperidine rings is 1. The second kappa shape index (κ2) is 7.08. The Kier molecular flexibility index (Phi) is 4.96. The molecule has 2 N–H and O–H groups in total. The van der Waals surface area contributed by atoms with Crippen LogP contribution < -0.4 is 10.6 Å². The van der Waals surface area contributed by atoms with Gasteiger partial charge in [-0.25, -0.2) is 0 Å². The van der Waals surface area contributed by atoms with Crippen molar-refractivity contribution in [3.05, 3.63) is 0 Å². The van der Waals surface area contributed by atoms with Crippen LogP contribution in [0.2, 0.25) is 0 Å². The summed E-state index contributed by atoms with van der Waals surface area (Å²) in [6, 6.07) is 0.792. The molecule has 6 nitrogen and oxygen atoms in total. The van der Waals surface area contributed by atoms with E-state index in [1.165, 1.54) is 6.42 Å². The van der Waals surface area contributed by atoms with Crippen LogP contribution >= 0.6 is 11.6 Å². The van der Waals surface area contributed by atoms with E-state index in [0.717, 1.165) is 51.6 Å². The number of nitrogens with zero attached hydrogens (tertiary/aromatic N) is 2. The predicted octanol–water partition coefficient (Wildman–Crippen LogP) is 2.11. The molecule has 0 aromatic rings. The zero-order valence-electron chi connectivity index (χ0n) is 18.7. The Morgan fingerprint density at radius 3 is 2.17 bits per heavy atom. The standard InChI is InChI=1S/C23H37ClN4O2/c1-21(2,3)25-20(30)13-28-17-5-18(28)11-27(10-17)12-19(29)26-23-8-15-4-16(9-23)7-22(24,6-15)14-23/h15-18H,4-14H2,1-3H3,(H,25,30)(H,26,29). The number of hydrogen-bond donors (Lipinski definition) is 2. The molecule has 0 radical (unpaired) electrons. The molecule has 168 valence electrons. The van der Waals surface area contributed by atoms with Crippen molar-refractivity contribution in [1.29, 1.82) is 0 Å². The predicted molar refractivity (Wildman–Crippen MR) is 117 cm³/mol. The Labute approximate surface area is 185 Å². The molecule has 4 saturated carbocycles. The maximum atomic E-state index is 13.0. The van der Waals surface area contributed by atoms with Gasteiger partial charge in [0.1, 0.15) is 0 Å². The maximum absolute atomic E-state index is 13.0. The molecule has 4 unspecified atom stereocenters. The van der Waals surface area contributed by atoms with Crippen molar-refractivity contribution < 1.29 is 9.59 Å². The third-order valence-electron chi connectivity index (χ3n) is 8.02. The van der Waals surface area contributed by atoms with E-state index in [4.69, 9.17) is 11.6 Å². The van der Waals surface area contributed by atoms with Gasteiger partial charge >= 0.3 is 0 Å². The summed E-state index contributed by atoms with van der Waals surface area (Å²) in [4.78, 5) is 29.8. The highest BCUT2D eigenvalue weighted by Crippen LogP contribution is 2.60. The molecule has 0 spiro atoms. The van der Waals surface area contributed by atoms with E-state index in [1.54, 1.807) is 0 Å². The number of carbonyl (C=O) groups excluding carboxylic acids is 2. The summed E-state index contributed by atoms with van der Waals surface area (Å²) in [5.74, 6) is 1.65. The number of nitrogens with one attached hydrogen (secondary N) is 2. The van der Waals surface area contributed by atoms with E-state index < -0.39 is 0 Å². The molecule has 0 aromatic heterocycles. The topological polar surface area (TPSA) is 64.7 Å². The summed E-state index contributed by atoms with van der Waals surface area (Å²) in [7, 11) is 0. The molecule has 4 atom stereocenters. The summed E-state index contributed by atoms with van der Waals surface area (Å²) in [5.41, 5.74) is -0.251. The highest BCUT2D eigenvalue weighted by Gasteiger charge is 2.57. The molecule has 6 bridgehead atoms. The second-order valence-corrected chi connectivity index (χ2v) is 13.0. The lowest BCUT2D eigenvalue weighted by atomic mass is 9.52. The van der Waals surface area contributed by atoms with Crippen LogP contribution in [-0.2, 0) is 9.59 Å². The van der Waals surface area contributed by atoms with Crippen molar-refractivity contribution >= 4 is 23.4 Å². The number of alkyl halides is 1. The third kappa shape index (κ3) is 4.12. The molecular formula is C23H37ClN4O2. The van der Waals surface area contributed by atoms with Gasteiger partial charge in [-0.15, -0.1) is 11.6 Å². The minimum absolute atomic E-state index is 0.0568. The van der Waals surface area contributed by atoms with Gasteiger partial charge in [0.2, 0.25) is 11.8 Å². The fourth-order valence-corrected chi connectivity index (χ4v) is 8.31. The largest absolute Gasteiger partial charge is 0.350 e. The molecule has 7 fully saturated rings. The monoisotopic (exact) mass is 436 g/mol. The van der Waals surface area contributed by atoms with E-state index in [0.29, 0.717) is 37.0 Å². The molecule has 30 heavy (non-hydrogen) atoms. The lowest BCUT2D eigenvalue weighted by Crippen LogP contribution is -2.71. The van der Waals surface area contributed by atoms with Crippen LogP contribution in [0.1, 0.15) is 65.7 Å². The van der Waals surface area contributed by atoms with E-state index >= 15 is 0 Å². The fourth-order valence-electron chi connectivity index (χ4n) is 7.62. The van der Waals surface area contributed by atoms with Gasteiger partial charge in [0, 0.05) is 41.1 Å². The smallest absolute Gasteiger partial charge is 0.234 e. The van der Waals surface area contributed by atoms with Gasteiger partial charge in [-0.2, -0.15) is 0 Å². The maximum Gasteiger partial charge on any atom is 0.234 e. The normalized spacial score (nSPS) is 42.7. The molecule has 0 aromatic carbocycles. The first-order chi connectivity index (χ1) is 14.0. The van der Waals surface area contributed by atoms with Gasteiger partial charge in [-0.3, -0.25) is 19.4 Å². The van der Waals surface area contributed by atoms with Crippen molar-refractivity contribution in [2.45, 2.75) is 93.8 Å². The first-order valence-electron chi connectivity index (χ1n) is 11.8. The lowest BCUT2D eigenvalue weighted by molar-refractivity contribution is -0.137. The van der Waals surface area contributed by atoms with Gasteiger partial charge in [0.15, 0.2) is 0 Å². The lowest BCUT2D eigenvalue weighted by Gasteiger charge is -2.60. The van der Waals surface area contributed by atoms with Crippen molar-refractivity contribution in [2.24, 2.45) is 11.8 Å². The van der Waals surface area contributed by atoms with Crippen LogP contribution in [0.5, 0.6) is 0 Å². The van der Waals surface area contributed by atoms with Gasteiger partial charge in [-0.05, 0) is 77.6 Å². The van der Waals surface area contributed by atoms with E-state index in [-0.39, 0.29) is 27.8 Å². The SMILES string of the molecule is CC(C)(C)NC(=O)CN1C2CC1CN(CC(=O)NC13CC4CC(CC(Cl)(C4)C1)C3)C2. The van der Waals surface area contributed by atoms with Crippen LogP contribution in [0.15, 0.2) is 0 Å². The van der Waals surface area contributed by atoms with E-state index in [9.17, 15) is 9.59 Å². The number of piperazine rings is 1. The first-order valence-corrected chi connectivity index (χ1v) is 12.2. The van der Waals surface area contributed by atoms with Crippen LogP contribution in [0.3, 0.4) is 0 Å². The van der Waals surface area contributed by atoms with Gasteiger partial charge in [0.05, 0.1) is 13.1 Å². The Balaban J connectivity index is 1.12. The quantitative estimate of drug-likeness (QED) is 0.648. The summed E-state index contributed by atoms with van der Waals surface area (Å²) in [5, 5.41) is 6.51. The summed E-state index contributed by atoms with van der Waals surface area (Å²) in [6.07, 6.45) is 7.90. The highest BCUT2D eigenvalue weighted by molar-refractivity contribution is 6.24. The minimum atomic E-state index is -0.194. The number of hydrogen-bond acceptors (Lipinski definition) is 4. The van der Waals surface area contributed by atoms with Gasteiger partial charge in [0.25, 0.3) is 0 Å². The van der Waals surface area contributed by atoms with Crippen molar-refractivity contribution in [1.82, 2.24) is 20.4 Å². The Hall–Kier alpha value is -0.850. The molecule has 7 rings (SSSR count). The summed E-state index contributed by atoms with van der Waals surface area (Å²) < 4.78 is 0. The first kappa shape index (κ1) is 21.0. The fraction of sp³-hybridized carbons (Fsp3) is 0.913. The second-order valence-electron chi connectivity index (χ2n) is 12.1. The summed E-state index contributed by atoms with van der Waals surface area (Å²) in [6.45, 7) is 8.74. The van der Waals surface area contributed by atoms with Crippen molar-refractivity contribution in [2.75, 3.05) is 26.2 Å². The zero-order valence-corrected chi connectivity index (χ0v) is 19.4. The molecular weight excluding hydrogens is 400 g/mol. The Bertz CT molecular complexity index is 709. The summed E-state index contributed by atoms with van der Waals surface area (Å²) >= 11 is 6.92. The molecule has 3 heterocycles. The number of rotatable bonds is 5. The number of halogens is 1.